The van der Waals surface area contributed by atoms with Gasteiger partial charge in [0.25, 0.3) is 0 Å². The van der Waals surface area contributed by atoms with Gasteiger partial charge >= 0.3 is 0 Å². The third-order valence-electron chi connectivity index (χ3n) is 2.44. The van der Waals surface area contributed by atoms with Gasteiger partial charge in [-0.15, -0.1) is 12.8 Å². The first-order valence-corrected chi connectivity index (χ1v) is 3.94. The lowest BCUT2D eigenvalue weighted by molar-refractivity contribution is -0.0218. The van der Waals surface area contributed by atoms with E-state index in [9.17, 15) is 10.2 Å². The number of hydrogen-bond acceptors (Lipinski definition) is 2. The highest BCUT2D eigenvalue weighted by molar-refractivity contribution is 5.17. The quantitative estimate of drug-likeness (QED) is 0.505. The van der Waals surface area contributed by atoms with Crippen LogP contribution in [0.3, 0.4) is 0 Å². The molecule has 2 nitrogen and oxygen atoms in total. The Morgan fingerprint density at radius 3 is 1.25 bits per heavy atom. The summed E-state index contributed by atoms with van der Waals surface area (Å²) in [4.78, 5) is 0. The first-order valence-electron chi connectivity index (χ1n) is 3.94. The Hall–Kier alpha value is -0.960. The van der Waals surface area contributed by atoms with Crippen LogP contribution in [-0.2, 0) is 0 Å². The smallest absolute Gasteiger partial charge is 0.125 e. The summed E-state index contributed by atoms with van der Waals surface area (Å²) in [6.07, 6.45) is 11.8. The van der Waals surface area contributed by atoms with Crippen molar-refractivity contribution >= 4 is 0 Å². The molecule has 0 aromatic rings. The van der Waals surface area contributed by atoms with E-state index in [-0.39, 0.29) is 0 Å². The van der Waals surface area contributed by atoms with E-state index in [0.717, 1.165) is 0 Å². The lowest BCUT2D eigenvalue weighted by Crippen LogP contribution is -2.41. The predicted octanol–water partition coefficient (Wildman–Crippen LogP) is 0.289. The van der Waals surface area contributed by atoms with Crippen LogP contribution in [0.15, 0.2) is 0 Å². The molecule has 12 heavy (non-hydrogen) atoms. The van der Waals surface area contributed by atoms with Crippen LogP contribution in [0.2, 0.25) is 0 Å². The monoisotopic (exact) mass is 164 g/mol. The molecule has 0 atom stereocenters. The van der Waals surface area contributed by atoms with Crippen molar-refractivity contribution in [3.8, 4) is 24.7 Å². The molecular formula is C10H12O2. The van der Waals surface area contributed by atoms with Crippen molar-refractivity contribution in [3.05, 3.63) is 0 Å². The van der Waals surface area contributed by atoms with Crippen LogP contribution in [-0.4, -0.2) is 21.4 Å². The highest BCUT2D eigenvalue weighted by Gasteiger charge is 2.38. The lowest BCUT2D eigenvalue weighted by atomic mass is 9.77. The molecule has 1 saturated carbocycles. The van der Waals surface area contributed by atoms with Crippen molar-refractivity contribution in [2.24, 2.45) is 0 Å². The van der Waals surface area contributed by atoms with Gasteiger partial charge in [0, 0.05) is 0 Å². The van der Waals surface area contributed by atoms with E-state index in [4.69, 9.17) is 12.8 Å². The van der Waals surface area contributed by atoms with Crippen LogP contribution in [0, 0.1) is 24.7 Å². The molecule has 0 saturated heterocycles. The SMILES string of the molecule is C#CC1(O)CCC(O)(C#C)CC1. The second-order valence-corrected chi connectivity index (χ2v) is 3.35. The van der Waals surface area contributed by atoms with Crippen molar-refractivity contribution in [3.63, 3.8) is 0 Å². The van der Waals surface area contributed by atoms with Crippen LogP contribution >= 0.6 is 0 Å². The van der Waals surface area contributed by atoms with Gasteiger partial charge in [0.05, 0.1) is 0 Å². The van der Waals surface area contributed by atoms with Crippen LogP contribution < -0.4 is 0 Å². The number of terminal acetylenes is 2. The molecule has 64 valence electrons. The normalized spacial score (nSPS) is 41.3. The average Bonchev–Trinajstić information content (AvgIpc) is 2.11. The zero-order valence-corrected chi connectivity index (χ0v) is 6.88. The summed E-state index contributed by atoms with van der Waals surface area (Å²) in [6.45, 7) is 0. The molecule has 0 spiro atoms. The minimum Gasteiger partial charge on any atom is -0.378 e. The average molecular weight is 164 g/mol. The summed E-state index contributed by atoms with van der Waals surface area (Å²) in [5, 5.41) is 19.2. The van der Waals surface area contributed by atoms with E-state index in [0.29, 0.717) is 25.7 Å². The molecule has 0 amide bonds. The molecule has 0 unspecified atom stereocenters. The van der Waals surface area contributed by atoms with Gasteiger partial charge in [0.1, 0.15) is 11.2 Å². The van der Waals surface area contributed by atoms with Crippen LogP contribution in [0.5, 0.6) is 0 Å². The Kier molecular flexibility index (Phi) is 2.15. The van der Waals surface area contributed by atoms with Crippen LogP contribution in [0.25, 0.3) is 0 Å². The fraction of sp³-hybridized carbons (Fsp3) is 0.600. The Morgan fingerprint density at radius 1 is 0.833 bits per heavy atom. The van der Waals surface area contributed by atoms with Gasteiger partial charge in [-0.1, -0.05) is 11.8 Å². The minimum absolute atomic E-state index is 0.379. The van der Waals surface area contributed by atoms with Crippen molar-refractivity contribution in [1.29, 1.82) is 0 Å². The zero-order valence-electron chi connectivity index (χ0n) is 6.88. The second kappa shape index (κ2) is 2.83. The first kappa shape index (κ1) is 9.13. The van der Waals surface area contributed by atoms with E-state index >= 15 is 0 Å². The first-order chi connectivity index (χ1) is 5.54. The summed E-state index contributed by atoms with van der Waals surface area (Å²) in [7, 11) is 0. The summed E-state index contributed by atoms with van der Waals surface area (Å²) in [6, 6.07) is 0. The number of rotatable bonds is 0. The maximum atomic E-state index is 9.59. The molecule has 1 fully saturated rings. The third kappa shape index (κ3) is 1.61. The Morgan fingerprint density at radius 2 is 1.08 bits per heavy atom. The van der Waals surface area contributed by atoms with Crippen molar-refractivity contribution in [2.45, 2.75) is 36.9 Å². The molecule has 0 heterocycles. The highest BCUT2D eigenvalue weighted by Crippen LogP contribution is 2.33. The van der Waals surface area contributed by atoms with Crippen LogP contribution in [0.1, 0.15) is 25.7 Å². The largest absolute Gasteiger partial charge is 0.378 e. The van der Waals surface area contributed by atoms with Crippen molar-refractivity contribution in [2.75, 3.05) is 0 Å². The number of aliphatic hydroxyl groups is 2. The molecule has 1 rings (SSSR count). The van der Waals surface area contributed by atoms with E-state index in [1.54, 1.807) is 0 Å². The van der Waals surface area contributed by atoms with Gasteiger partial charge in [-0.2, -0.15) is 0 Å². The molecule has 0 bridgehead atoms. The van der Waals surface area contributed by atoms with E-state index < -0.39 is 11.2 Å². The van der Waals surface area contributed by atoms with Gasteiger partial charge in [-0.3, -0.25) is 0 Å². The molecule has 2 heteroatoms. The van der Waals surface area contributed by atoms with E-state index in [2.05, 4.69) is 11.8 Å². The lowest BCUT2D eigenvalue weighted by Gasteiger charge is -2.35. The zero-order chi connectivity index (χ0) is 9.24. The van der Waals surface area contributed by atoms with Gasteiger partial charge in [0.2, 0.25) is 0 Å². The topological polar surface area (TPSA) is 40.5 Å². The summed E-state index contributed by atoms with van der Waals surface area (Å²) < 4.78 is 0. The molecular weight excluding hydrogens is 152 g/mol. The standard InChI is InChI=1S/C10H12O2/c1-3-9(11)5-7-10(12,4-2)8-6-9/h1-2,11-12H,5-8H2. The van der Waals surface area contributed by atoms with Crippen molar-refractivity contribution < 1.29 is 10.2 Å². The molecule has 1 aliphatic rings. The van der Waals surface area contributed by atoms with Gasteiger partial charge in [-0.25, -0.2) is 0 Å². The molecule has 0 aromatic carbocycles. The molecule has 0 radical (unpaired) electrons. The van der Waals surface area contributed by atoms with E-state index in [1.165, 1.54) is 0 Å². The van der Waals surface area contributed by atoms with Gasteiger partial charge in [0.15, 0.2) is 0 Å². The Balaban J connectivity index is 2.64. The van der Waals surface area contributed by atoms with E-state index in [1.807, 2.05) is 0 Å². The summed E-state index contributed by atoms with van der Waals surface area (Å²) in [5.74, 6) is 4.64. The summed E-state index contributed by atoms with van der Waals surface area (Å²) in [5.41, 5.74) is -2.10. The van der Waals surface area contributed by atoms with Gasteiger partial charge in [-0.05, 0) is 25.7 Å². The highest BCUT2D eigenvalue weighted by atomic mass is 16.3. The second-order valence-electron chi connectivity index (χ2n) is 3.35. The molecule has 1 aliphatic carbocycles. The van der Waals surface area contributed by atoms with Crippen molar-refractivity contribution in [1.82, 2.24) is 0 Å². The molecule has 2 N–H and O–H groups in total. The summed E-state index contributed by atoms with van der Waals surface area (Å²) >= 11 is 0. The fourth-order valence-corrected chi connectivity index (χ4v) is 1.37. The Labute approximate surface area is 72.6 Å². The minimum atomic E-state index is -1.05. The number of hydrogen-bond donors (Lipinski definition) is 2. The maximum absolute atomic E-state index is 9.59. The Bertz CT molecular complexity index is 218. The van der Waals surface area contributed by atoms with Gasteiger partial charge < -0.3 is 10.2 Å². The van der Waals surface area contributed by atoms with Crippen LogP contribution in [0.4, 0.5) is 0 Å². The predicted molar refractivity (Wildman–Crippen MR) is 46.0 cm³/mol. The maximum Gasteiger partial charge on any atom is 0.125 e. The third-order valence-corrected chi connectivity index (χ3v) is 2.44. The molecule has 0 aliphatic heterocycles. The fourth-order valence-electron chi connectivity index (χ4n) is 1.37. The molecule has 0 aromatic heterocycles.